The zero-order valence-corrected chi connectivity index (χ0v) is 9.69. The zero-order valence-electron chi connectivity index (χ0n) is 9.69. The highest BCUT2D eigenvalue weighted by atomic mass is 16.6. The van der Waals surface area contributed by atoms with Gasteiger partial charge in [-0.2, -0.15) is 0 Å². The Morgan fingerprint density at radius 3 is 3.00 bits per heavy atom. The van der Waals surface area contributed by atoms with Crippen molar-refractivity contribution in [3.8, 4) is 0 Å². The maximum atomic E-state index is 10.8. The van der Waals surface area contributed by atoms with Gasteiger partial charge in [0.15, 0.2) is 0 Å². The molecule has 0 saturated carbocycles. The topological polar surface area (TPSA) is 67.2 Å². The minimum absolute atomic E-state index is 0.150. The summed E-state index contributed by atoms with van der Waals surface area (Å²) in [5.41, 5.74) is 0.764. The fourth-order valence-electron chi connectivity index (χ4n) is 2.15. The predicted octanol–water partition coefficient (Wildman–Crippen LogP) is 2.01. The summed E-state index contributed by atoms with van der Waals surface area (Å²) in [6.07, 6.45) is 2.26. The van der Waals surface area contributed by atoms with E-state index in [0.29, 0.717) is 11.6 Å². The number of nitro benzene ring substituents is 1. The Hall–Kier alpha value is -1.62. The van der Waals surface area contributed by atoms with Crippen LogP contribution in [0, 0.1) is 16.0 Å². The molecule has 0 aromatic heterocycles. The van der Waals surface area contributed by atoms with Crippen molar-refractivity contribution in [1.82, 2.24) is 5.32 Å². The van der Waals surface area contributed by atoms with Crippen LogP contribution >= 0.6 is 0 Å². The van der Waals surface area contributed by atoms with Crippen molar-refractivity contribution < 1.29 is 4.92 Å². The smallest absolute Gasteiger partial charge is 0.292 e. The molecule has 1 atom stereocenters. The van der Waals surface area contributed by atoms with E-state index in [0.717, 1.165) is 26.1 Å². The van der Waals surface area contributed by atoms with Crippen molar-refractivity contribution in [2.75, 3.05) is 25.0 Å². The van der Waals surface area contributed by atoms with Gasteiger partial charge in [-0.3, -0.25) is 10.1 Å². The van der Waals surface area contributed by atoms with Gasteiger partial charge in [-0.25, -0.2) is 0 Å². The summed E-state index contributed by atoms with van der Waals surface area (Å²) in [7, 11) is 0. The number of nitro groups is 1. The predicted molar refractivity (Wildman–Crippen MR) is 67.2 cm³/mol. The van der Waals surface area contributed by atoms with E-state index in [2.05, 4.69) is 10.6 Å². The third-order valence-electron chi connectivity index (χ3n) is 3.13. The molecule has 1 aliphatic rings. The first-order chi connectivity index (χ1) is 8.27. The standard InChI is InChI=1S/C12H17N3O2/c16-15(17)12-4-2-1-3-11(12)14-8-6-10-5-7-13-9-10/h1-4,10,13-14H,5-9H2. The molecule has 92 valence electrons. The molecule has 1 aromatic carbocycles. The van der Waals surface area contributed by atoms with Crippen LogP contribution in [0.2, 0.25) is 0 Å². The van der Waals surface area contributed by atoms with Gasteiger partial charge in [0.25, 0.3) is 5.69 Å². The van der Waals surface area contributed by atoms with Crippen LogP contribution in [0.25, 0.3) is 0 Å². The average Bonchev–Trinajstić information content (AvgIpc) is 2.82. The number of hydrogen-bond donors (Lipinski definition) is 2. The van der Waals surface area contributed by atoms with Crippen LogP contribution in [0.15, 0.2) is 24.3 Å². The first-order valence-electron chi connectivity index (χ1n) is 5.95. The normalized spacial score (nSPS) is 19.2. The Morgan fingerprint density at radius 2 is 2.29 bits per heavy atom. The average molecular weight is 235 g/mol. The van der Waals surface area contributed by atoms with Crippen molar-refractivity contribution in [2.24, 2.45) is 5.92 Å². The van der Waals surface area contributed by atoms with Crippen molar-refractivity contribution in [1.29, 1.82) is 0 Å². The van der Waals surface area contributed by atoms with Crippen molar-refractivity contribution in [3.05, 3.63) is 34.4 Å². The van der Waals surface area contributed by atoms with E-state index in [9.17, 15) is 10.1 Å². The fourth-order valence-corrected chi connectivity index (χ4v) is 2.15. The minimum atomic E-state index is -0.348. The SMILES string of the molecule is O=[N+]([O-])c1ccccc1NCCC1CCNC1. The van der Waals surface area contributed by atoms with Gasteiger partial charge in [-0.15, -0.1) is 0 Å². The fraction of sp³-hybridized carbons (Fsp3) is 0.500. The first-order valence-corrected chi connectivity index (χ1v) is 5.95. The highest BCUT2D eigenvalue weighted by Gasteiger charge is 2.15. The van der Waals surface area contributed by atoms with Gasteiger partial charge in [0.2, 0.25) is 0 Å². The molecule has 1 saturated heterocycles. The second-order valence-corrected chi connectivity index (χ2v) is 4.35. The summed E-state index contributed by atoms with van der Waals surface area (Å²) in [5, 5.41) is 17.3. The third-order valence-corrected chi connectivity index (χ3v) is 3.13. The van der Waals surface area contributed by atoms with E-state index in [4.69, 9.17) is 0 Å². The lowest BCUT2D eigenvalue weighted by Crippen LogP contribution is -2.13. The highest BCUT2D eigenvalue weighted by Crippen LogP contribution is 2.23. The molecule has 1 unspecified atom stereocenters. The second-order valence-electron chi connectivity index (χ2n) is 4.35. The quantitative estimate of drug-likeness (QED) is 0.605. The van der Waals surface area contributed by atoms with Crippen molar-refractivity contribution >= 4 is 11.4 Å². The molecule has 5 heteroatoms. The Kier molecular flexibility index (Phi) is 3.93. The van der Waals surface area contributed by atoms with Gasteiger partial charge in [-0.05, 0) is 37.9 Å². The van der Waals surface area contributed by atoms with Crippen LogP contribution in [0.3, 0.4) is 0 Å². The monoisotopic (exact) mass is 235 g/mol. The number of nitrogens with one attached hydrogen (secondary N) is 2. The van der Waals surface area contributed by atoms with Crippen LogP contribution < -0.4 is 10.6 Å². The van der Waals surface area contributed by atoms with E-state index < -0.39 is 0 Å². The molecule has 0 spiro atoms. The largest absolute Gasteiger partial charge is 0.379 e. The number of benzene rings is 1. The number of rotatable bonds is 5. The van der Waals surface area contributed by atoms with Crippen LogP contribution in [0.5, 0.6) is 0 Å². The lowest BCUT2D eigenvalue weighted by molar-refractivity contribution is -0.384. The molecule has 5 nitrogen and oxygen atoms in total. The van der Waals surface area contributed by atoms with Gasteiger partial charge >= 0.3 is 0 Å². The Labute approximate surface area is 100 Å². The molecular formula is C12H17N3O2. The molecule has 2 N–H and O–H groups in total. The molecule has 0 radical (unpaired) electrons. The van der Waals surface area contributed by atoms with Crippen molar-refractivity contribution in [3.63, 3.8) is 0 Å². The summed E-state index contributed by atoms with van der Waals surface area (Å²) in [5.74, 6) is 0.699. The summed E-state index contributed by atoms with van der Waals surface area (Å²) in [6, 6.07) is 6.78. The summed E-state index contributed by atoms with van der Waals surface area (Å²) in [4.78, 5) is 10.4. The number of nitrogens with zero attached hydrogens (tertiary/aromatic N) is 1. The van der Waals surface area contributed by atoms with Gasteiger partial charge in [-0.1, -0.05) is 12.1 Å². The molecule has 2 rings (SSSR count). The van der Waals surface area contributed by atoms with Crippen LogP contribution in [0.4, 0.5) is 11.4 Å². The lowest BCUT2D eigenvalue weighted by atomic mass is 10.1. The van der Waals surface area contributed by atoms with E-state index in [1.54, 1.807) is 12.1 Å². The first kappa shape index (κ1) is 11.9. The van der Waals surface area contributed by atoms with Crippen LogP contribution in [0.1, 0.15) is 12.8 Å². The molecular weight excluding hydrogens is 218 g/mol. The third kappa shape index (κ3) is 3.17. The molecule has 0 bridgehead atoms. The van der Waals surface area contributed by atoms with E-state index in [1.165, 1.54) is 12.5 Å². The summed E-state index contributed by atoms with van der Waals surface area (Å²) in [6.45, 7) is 2.95. The maximum absolute atomic E-state index is 10.8. The van der Waals surface area contributed by atoms with Crippen LogP contribution in [-0.2, 0) is 0 Å². The Morgan fingerprint density at radius 1 is 1.47 bits per heavy atom. The highest BCUT2D eigenvalue weighted by molar-refractivity contribution is 5.60. The van der Waals surface area contributed by atoms with E-state index in [1.807, 2.05) is 6.07 Å². The van der Waals surface area contributed by atoms with E-state index >= 15 is 0 Å². The number of anilines is 1. The van der Waals surface area contributed by atoms with Crippen LogP contribution in [-0.4, -0.2) is 24.6 Å². The Balaban J connectivity index is 1.87. The summed E-state index contributed by atoms with van der Waals surface area (Å²) >= 11 is 0. The van der Waals surface area contributed by atoms with Gasteiger partial charge in [0.1, 0.15) is 5.69 Å². The summed E-state index contributed by atoms with van der Waals surface area (Å²) < 4.78 is 0. The number of para-hydroxylation sites is 2. The molecule has 1 fully saturated rings. The second kappa shape index (κ2) is 5.63. The molecule has 17 heavy (non-hydrogen) atoms. The minimum Gasteiger partial charge on any atom is -0.379 e. The van der Waals surface area contributed by atoms with Crippen molar-refractivity contribution in [2.45, 2.75) is 12.8 Å². The zero-order chi connectivity index (χ0) is 12.1. The maximum Gasteiger partial charge on any atom is 0.292 e. The molecule has 0 aliphatic carbocycles. The Bertz CT molecular complexity index is 389. The number of hydrogen-bond acceptors (Lipinski definition) is 4. The lowest BCUT2D eigenvalue weighted by Gasteiger charge is -2.10. The van der Waals surface area contributed by atoms with E-state index in [-0.39, 0.29) is 10.6 Å². The molecule has 1 aliphatic heterocycles. The van der Waals surface area contributed by atoms with Gasteiger partial charge in [0.05, 0.1) is 4.92 Å². The molecule has 0 amide bonds. The molecule has 1 aromatic rings. The van der Waals surface area contributed by atoms with Gasteiger partial charge < -0.3 is 10.6 Å². The molecule has 1 heterocycles. The van der Waals surface area contributed by atoms with Gasteiger partial charge in [0, 0.05) is 12.6 Å².